The molecule has 1 aromatic heterocycles. The van der Waals surface area contributed by atoms with Crippen molar-refractivity contribution in [2.75, 3.05) is 13.2 Å². The molecule has 1 fully saturated rings. The number of rotatable bonds is 6. The Bertz CT molecular complexity index is 556. The Balaban J connectivity index is 1.97. The summed E-state index contributed by atoms with van der Waals surface area (Å²) in [7, 11) is 1.78. The number of amides is 2. The van der Waals surface area contributed by atoms with Crippen LogP contribution < -0.4 is 5.32 Å². The highest BCUT2D eigenvalue weighted by molar-refractivity contribution is 5.88. The summed E-state index contributed by atoms with van der Waals surface area (Å²) >= 11 is 0. The summed E-state index contributed by atoms with van der Waals surface area (Å²) in [5.41, 5.74) is 0. The van der Waals surface area contributed by atoms with Crippen LogP contribution in [0.5, 0.6) is 0 Å². The molecule has 1 aliphatic heterocycles. The van der Waals surface area contributed by atoms with Gasteiger partial charge in [0.2, 0.25) is 5.91 Å². The van der Waals surface area contributed by atoms with Crippen molar-refractivity contribution < 1.29 is 24.2 Å². The number of hydrogen-bond acceptors (Lipinski definition) is 5. The second-order valence-electron chi connectivity index (χ2n) is 4.61. The summed E-state index contributed by atoms with van der Waals surface area (Å²) in [6, 6.07) is -0.775. The van der Waals surface area contributed by atoms with E-state index in [0.717, 1.165) is 0 Å². The van der Waals surface area contributed by atoms with E-state index in [1.807, 2.05) is 0 Å². The van der Waals surface area contributed by atoms with E-state index >= 15 is 0 Å². The van der Waals surface area contributed by atoms with Gasteiger partial charge in [-0.25, -0.2) is 9.78 Å². The first-order valence-electron chi connectivity index (χ1n) is 6.38. The lowest BCUT2D eigenvalue weighted by Gasteiger charge is -2.20. The molecule has 2 rings (SSSR count). The summed E-state index contributed by atoms with van der Waals surface area (Å²) in [6.07, 6.45) is 2.57. The van der Waals surface area contributed by atoms with Crippen molar-refractivity contribution in [3.05, 3.63) is 18.2 Å². The second-order valence-corrected chi connectivity index (χ2v) is 4.61. The smallest absolute Gasteiger partial charge is 0.411 e. The van der Waals surface area contributed by atoms with Crippen LogP contribution in [0.25, 0.3) is 0 Å². The largest absolute Gasteiger partial charge is 0.481 e. The van der Waals surface area contributed by atoms with Gasteiger partial charge in [0.1, 0.15) is 18.5 Å². The molecular formula is C12H16N4O5. The van der Waals surface area contributed by atoms with Crippen LogP contribution in [0, 0.1) is 0 Å². The van der Waals surface area contributed by atoms with Crippen LogP contribution in [0.4, 0.5) is 4.79 Å². The number of nitrogens with one attached hydrogen (secondary N) is 1. The van der Waals surface area contributed by atoms with Crippen molar-refractivity contribution in [3.8, 4) is 0 Å². The Morgan fingerprint density at radius 2 is 2.33 bits per heavy atom. The molecule has 1 atom stereocenters. The van der Waals surface area contributed by atoms with Crippen molar-refractivity contribution >= 4 is 18.0 Å². The molecule has 1 aromatic rings. The van der Waals surface area contributed by atoms with Crippen molar-refractivity contribution in [2.24, 2.45) is 7.05 Å². The zero-order valence-corrected chi connectivity index (χ0v) is 11.5. The lowest BCUT2D eigenvalue weighted by atomic mass is 10.2. The van der Waals surface area contributed by atoms with E-state index in [9.17, 15) is 14.4 Å². The fourth-order valence-electron chi connectivity index (χ4n) is 1.95. The van der Waals surface area contributed by atoms with Gasteiger partial charge in [-0.3, -0.25) is 14.5 Å². The number of cyclic esters (lactones) is 1. The normalized spacial score (nSPS) is 17.7. The van der Waals surface area contributed by atoms with Gasteiger partial charge in [-0.1, -0.05) is 0 Å². The van der Waals surface area contributed by atoms with E-state index in [2.05, 4.69) is 10.3 Å². The van der Waals surface area contributed by atoms with Crippen LogP contribution in [0.15, 0.2) is 12.4 Å². The summed E-state index contributed by atoms with van der Waals surface area (Å²) in [6.45, 7) is 0.108. The molecule has 0 saturated carbocycles. The molecule has 2 N–H and O–H groups in total. The maximum atomic E-state index is 12.0. The fraction of sp³-hybridized carbons (Fsp3) is 0.500. The van der Waals surface area contributed by atoms with Gasteiger partial charge in [-0.05, 0) is 0 Å². The van der Waals surface area contributed by atoms with Crippen LogP contribution in [-0.2, 0) is 27.9 Å². The maximum absolute atomic E-state index is 12.0. The van der Waals surface area contributed by atoms with Crippen LogP contribution in [0.1, 0.15) is 12.2 Å². The molecule has 2 amide bonds. The molecular weight excluding hydrogens is 280 g/mol. The van der Waals surface area contributed by atoms with Gasteiger partial charge in [0, 0.05) is 26.0 Å². The van der Waals surface area contributed by atoms with Gasteiger partial charge in [0.15, 0.2) is 0 Å². The van der Waals surface area contributed by atoms with E-state index in [0.29, 0.717) is 5.82 Å². The van der Waals surface area contributed by atoms with Gasteiger partial charge < -0.3 is 19.7 Å². The zero-order valence-electron chi connectivity index (χ0n) is 11.5. The van der Waals surface area contributed by atoms with Crippen molar-refractivity contribution in [1.29, 1.82) is 0 Å². The van der Waals surface area contributed by atoms with Gasteiger partial charge in [-0.2, -0.15) is 0 Å². The van der Waals surface area contributed by atoms with Gasteiger partial charge >= 0.3 is 12.1 Å². The molecule has 0 aromatic carbocycles. The minimum atomic E-state index is -1.00. The summed E-state index contributed by atoms with van der Waals surface area (Å²) < 4.78 is 6.63. The van der Waals surface area contributed by atoms with Crippen molar-refractivity contribution in [3.63, 3.8) is 0 Å². The first-order valence-corrected chi connectivity index (χ1v) is 6.38. The monoisotopic (exact) mass is 296 g/mol. The zero-order chi connectivity index (χ0) is 15.4. The highest BCUT2D eigenvalue weighted by Gasteiger charge is 2.38. The van der Waals surface area contributed by atoms with Crippen molar-refractivity contribution in [2.45, 2.75) is 19.0 Å². The second kappa shape index (κ2) is 6.25. The fourth-order valence-corrected chi connectivity index (χ4v) is 1.95. The van der Waals surface area contributed by atoms with Gasteiger partial charge in [0.05, 0.1) is 13.0 Å². The highest BCUT2D eigenvalue weighted by atomic mass is 16.6. The molecule has 1 aliphatic rings. The number of imidazole rings is 1. The molecule has 9 nitrogen and oxygen atoms in total. The Morgan fingerprint density at radius 3 is 2.95 bits per heavy atom. The number of nitrogens with zero attached hydrogens (tertiary/aromatic N) is 3. The number of carboxylic acids is 1. The molecule has 0 bridgehead atoms. The third kappa shape index (κ3) is 3.50. The van der Waals surface area contributed by atoms with E-state index in [-0.39, 0.29) is 26.1 Å². The van der Waals surface area contributed by atoms with Gasteiger partial charge in [-0.15, -0.1) is 0 Å². The SMILES string of the molecule is Cn1ccnc1CN1C(=O)OC[C@H]1C(=O)NCCC(=O)O. The summed E-state index contributed by atoms with van der Waals surface area (Å²) in [5, 5.41) is 11.0. The van der Waals surface area contributed by atoms with Crippen LogP contribution in [-0.4, -0.2) is 56.7 Å². The van der Waals surface area contributed by atoms with Crippen LogP contribution in [0.3, 0.4) is 0 Å². The van der Waals surface area contributed by atoms with E-state index in [4.69, 9.17) is 9.84 Å². The molecule has 0 aliphatic carbocycles. The average Bonchev–Trinajstić information content (AvgIpc) is 2.98. The number of carbonyl (C=O) groups is 3. The standard InChI is InChI=1S/C12H16N4O5/c1-15-5-4-13-9(15)6-16-8(7-21-12(16)20)11(19)14-3-2-10(17)18/h4-5,8H,2-3,6-7H2,1H3,(H,14,19)(H,17,18)/t8-/m0/s1. The Kier molecular flexibility index (Phi) is 4.41. The Hall–Kier alpha value is -2.58. The van der Waals surface area contributed by atoms with Crippen LogP contribution in [0.2, 0.25) is 0 Å². The van der Waals surface area contributed by atoms with E-state index in [1.165, 1.54) is 4.90 Å². The number of carbonyl (C=O) groups excluding carboxylic acids is 2. The molecule has 9 heteroatoms. The lowest BCUT2D eigenvalue weighted by molar-refractivity contribution is -0.137. The number of hydrogen-bond donors (Lipinski definition) is 2. The minimum absolute atomic E-state index is 0.00903. The number of aliphatic carboxylic acids is 1. The van der Waals surface area contributed by atoms with E-state index < -0.39 is 24.0 Å². The van der Waals surface area contributed by atoms with Crippen molar-refractivity contribution in [1.82, 2.24) is 19.8 Å². The molecule has 21 heavy (non-hydrogen) atoms. The third-order valence-electron chi connectivity index (χ3n) is 3.15. The number of ether oxygens (including phenoxy) is 1. The average molecular weight is 296 g/mol. The molecule has 0 unspecified atom stereocenters. The third-order valence-corrected chi connectivity index (χ3v) is 3.15. The first kappa shape index (κ1) is 14.8. The first-order chi connectivity index (χ1) is 9.99. The topological polar surface area (TPSA) is 114 Å². The Morgan fingerprint density at radius 1 is 1.57 bits per heavy atom. The predicted molar refractivity (Wildman–Crippen MR) is 69.1 cm³/mol. The molecule has 0 spiro atoms. The number of aromatic nitrogens is 2. The predicted octanol–water partition coefficient (Wildman–Crippen LogP) is -0.668. The molecule has 0 radical (unpaired) electrons. The molecule has 114 valence electrons. The number of aryl methyl sites for hydroxylation is 1. The maximum Gasteiger partial charge on any atom is 0.411 e. The van der Waals surface area contributed by atoms with Gasteiger partial charge in [0.25, 0.3) is 0 Å². The summed E-state index contributed by atoms with van der Waals surface area (Å²) in [4.78, 5) is 39.5. The lowest BCUT2D eigenvalue weighted by Crippen LogP contribution is -2.46. The number of carboxylic acid groups (broad SMARTS) is 1. The highest BCUT2D eigenvalue weighted by Crippen LogP contribution is 2.15. The molecule has 1 saturated heterocycles. The quantitative estimate of drug-likeness (QED) is 0.720. The van der Waals surface area contributed by atoms with Crippen LogP contribution >= 0.6 is 0 Å². The Labute approximate surface area is 120 Å². The molecule has 2 heterocycles. The minimum Gasteiger partial charge on any atom is -0.481 e. The summed E-state index contributed by atoms with van der Waals surface area (Å²) in [5.74, 6) is -0.813. The van der Waals surface area contributed by atoms with E-state index in [1.54, 1.807) is 24.0 Å².